The number of carbonyl (C=O) groups excluding carboxylic acids is 1. The average Bonchev–Trinajstić information content (AvgIpc) is 2.47. The normalized spacial score (nSPS) is 14.5. The monoisotopic (exact) mass is 304 g/mol. The van der Waals surface area contributed by atoms with E-state index >= 15 is 0 Å². The van der Waals surface area contributed by atoms with Crippen LogP contribution < -0.4 is 5.73 Å². The van der Waals surface area contributed by atoms with Crippen LogP contribution in [0.5, 0.6) is 0 Å². The van der Waals surface area contributed by atoms with E-state index < -0.39 is 17.6 Å². The molecule has 0 spiro atoms. The molecule has 0 saturated heterocycles. The van der Waals surface area contributed by atoms with Gasteiger partial charge in [0, 0.05) is 23.2 Å². The Labute approximate surface area is 124 Å². The van der Waals surface area contributed by atoms with Gasteiger partial charge in [-0.25, -0.2) is 4.99 Å². The highest BCUT2D eigenvalue weighted by Crippen LogP contribution is 2.34. The summed E-state index contributed by atoms with van der Waals surface area (Å²) in [5.41, 5.74) is 6.27. The summed E-state index contributed by atoms with van der Waals surface area (Å²) >= 11 is 0. The molecular formula is C16H11F3N2O. The first-order chi connectivity index (χ1) is 10.4. The van der Waals surface area contributed by atoms with E-state index in [9.17, 15) is 18.0 Å². The average molecular weight is 304 g/mol. The third kappa shape index (κ3) is 2.36. The van der Waals surface area contributed by atoms with Crippen molar-refractivity contribution in [1.82, 2.24) is 0 Å². The van der Waals surface area contributed by atoms with Crippen molar-refractivity contribution in [3.05, 3.63) is 64.7 Å². The van der Waals surface area contributed by atoms with Gasteiger partial charge in [-0.2, -0.15) is 13.2 Å². The zero-order chi connectivity index (χ0) is 15.9. The lowest BCUT2D eigenvalue weighted by Crippen LogP contribution is -2.22. The van der Waals surface area contributed by atoms with Crippen LogP contribution in [-0.4, -0.2) is 11.6 Å². The number of nitrogen functional groups attached to an aromatic ring is 1. The summed E-state index contributed by atoms with van der Waals surface area (Å²) in [5.74, 6) is -0.569. The molecule has 0 aliphatic carbocycles. The highest BCUT2D eigenvalue weighted by atomic mass is 19.4. The molecule has 0 saturated carbocycles. The molecular weight excluding hydrogens is 293 g/mol. The third-order valence-corrected chi connectivity index (χ3v) is 3.57. The van der Waals surface area contributed by atoms with Crippen molar-refractivity contribution < 1.29 is 18.0 Å². The summed E-state index contributed by atoms with van der Waals surface area (Å²) in [6, 6.07) is 9.90. The van der Waals surface area contributed by atoms with Gasteiger partial charge in [0.1, 0.15) is 0 Å². The lowest BCUT2D eigenvalue weighted by Gasteiger charge is -2.19. The number of fused-ring (bicyclic) bond motifs is 1. The summed E-state index contributed by atoms with van der Waals surface area (Å²) in [4.78, 5) is 15.9. The Morgan fingerprint density at radius 2 is 1.68 bits per heavy atom. The molecule has 2 aromatic rings. The standard InChI is InChI=1S/C16H11F3N2O/c17-16(18,19)12-6-2-1-4-10(12)14-8-11-9(15(22)21-14)5-3-7-13(11)20/h1-7H,8,20H2. The Bertz CT molecular complexity index is 794. The number of halogens is 3. The summed E-state index contributed by atoms with van der Waals surface area (Å²) in [6.07, 6.45) is -4.41. The van der Waals surface area contributed by atoms with E-state index in [1.807, 2.05) is 0 Å². The number of hydrogen-bond donors (Lipinski definition) is 1. The molecule has 0 fully saturated rings. The maximum atomic E-state index is 13.1. The quantitative estimate of drug-likeness (QED) is 0.820. The molecule has 0 bridgehead atoms. The van der Waals surface area contributed by atoms with Crippen molar-refractivity contribution in [2.45, 2.75) is 12.6 Å². The van der Waals surface area contributed by atoms with Crippen molar-refractivity contribution in [2.24, 2.45) is 4.99 Å². The van der Waals surface area contributed by atoms with Crippen LogP contribution in [0.3, 0.4) is 0 Å². The summed E-state index contributed by atoms with van der Waals surface area (Å²) in [7, 11) is 0. The number of alkyl halides is 3. The molecule has 0 radical (unpaired) electrons. The number of nitrogens with two attached hydrogens (primary N) is 1. The smallest absolute Gasteiger partial charge is 0.398 e. The molecule has 2 aromatic carbocycles. The second-order valence-electron chi connectivity index (χ2n) is 4.96. The second kappa shape index (κ2) is 4.98. The van der Waals surface area contributed by atoms with Gasteiger partial charge < -0.3 is 5.73 Å². The zero-order valence-electron chi connectivity index (χ0n) is 11.3. The van der Waals surface area contributed by atoms with Gasteiger partial charge in [0.15, 0.2) is 0 Å². The van der Waals surface area contributed by atoms with Crippen molar-refractivity contribution in [3.8, 4) is 0 Å². The third-order valence-electron chi connectivity index (χ3n) is 3.57. The fourth-order valence-corrected chi connectivity index (χ4v) is 2.53. The topological polar surface area (TPSA) is 55.4 Å². The van der Waals surface area contributed by atoms with Crippen molar-refractivity contribution in [1.29, 1.82) is 0 Å². The Balaban J connectivity index is 2.13. The minimum absolute atomic E-state index is 0.0859. The van der Waals surface area contributed by atoms with Crippen LogP contribution in [0.25, 0.3) is 0 Å². The molecule has 1 amide bonds. The highest BCUT2D eigenvalue weighted by Gasteiger charge is 2.35. The van der Waals surface area contributed by atoms with Crippen LogP contribution in [0, 0.1) is 0 Å². The van der Waals surface area contributed by atoms with Crippen LogP contribution in [0.2, 0.25) is 0 Å². The maximum absolute atomic E-state index is 13.1. The van der Waals surface area contributed by atoms with Crippen LogP contribution in [-0.2, 0) is 12.6 Å². The summed E-state index contributed by atoms with van der Waals surface area (Å²) < 4.78 is 39.3. The van der Waals surface area contributed by atoms with E-state index in [2.05, 4.69) is 4.99 Å². The van der Waals surface area contributed by atoms with Gasteiger partial charge in [0.05, 0.1) is 11.3 Å². The van der Waals surface area contributed by atoms with Gasteiger partial charge in [-0.05, 0) is 23.8 Å². The van der Waals surface area contributed by atoms with Gasteiger partial charge in [0.25, 0.3) is 5.91 Å². The van der Waals surface area contributed by atoms with Gasteiger partial charge in [0.2, 0.25) is 0 Å². The predicted octanol–water partition coefficient (Wildman–Crippen LogP) is 3.47. The molecule has 112 valence electrons. The molecule has 1 aliphatic rings. The molecule has 3 nitrogen and oxygen atoms in total. The number of benzene rings is 2. The fourth-order valence-electron chi connectivity index (χ4n) is 2.53. The lowest BCUT2D eigenvalue weighted by atomic mass is 9.91. The van der Waals surface area contributed by atoms with Gasteiger partial charge in [-0.3, -0.25) is 4.79 Å². The molecule has 6 heteroatoms. The first kappa shape index (κ1) is 14.3. The zero-order valence-corrected chi connectivity index (χ0v) is 11.3. The van der Waals surface area contributed by atoms with Gasteiger partial charge >= 0.3 is 6.18 Å². The van der Waals surface area contributed by atoms with Gasteiger partial charge in [-0.15, -0.1) is 0 Å². The van der Waals surface area contributed by atoms with E-state index in [0.29, 0.717) is 16.8 Å². The molecule has 0 atom stereocenters. The van der Waals surface area contributed by atoms with E-state index in [0.717, 1.165) is 6.07 Å². The Hall–Kier alpha value is -2.63. The minimum Gasteiger partial charge on any atom is -0.398 e. The number of carbonyl (C=O) groups is 1. The SMILES string of the molecule is Nc1cccc2c1CC(c1ccccc1C(F)(F)F)=NC2=O. The number of anilines is 1. The number of rotatable bonds is 1. The summed E-state index contributed by atoms with van der Waals surface area (Å²) in [6.45, 7) is 0. The number of hydrogen-bond acceptors (Lipinski definition) is 2. The molecule has 0 unspecified atom stereocenters. The summed E-state index contributed by atoms with van der Waals surface area (Å²) in [5, 5.41) is 0. The van der Waals surface area contributed by atoms with Crippen LogP contribution in [0.1, 0.15) is 27.0 Å². The number of aliphatic imine (C=N–C) groups is 1. The van der Waals surface area contributed by atoms with E-state index in [-0.39, 0.29) is 17.7 Å². The molecule has 3 rings (SSSR count). The Kier molecular flexibility index (Phi) is 3.24. The molecule has 1 aliphatic heterocycles. The van der Waals surface area contributed by atoms with Crippen molar-refractivity contribution >= 4 is 17.3 Å². The first-order valence-corrected chi connectivity index (χ1v) is 6.54. The highest BCUT2D eigenvalue weighted by molar-refractivity contribution is 6.16. The fraction of sp³-hybridized carbons (Fsp3) is 0.125. The number of nitrogens with zero attached hydrogens (tertiary/aromatic N) is 1. The minimum atomic E-state index is -4.51. The predicted molar refractivity (Wildman–Crippen MR) is 76.9 cm³/mol. The number of amides is 1. The molecule has 2 N–H and O–H groups in total. The molecule has 22 heavy (non-hydrogen) atoms. The van der Waals surface area contributed by atoms with E-state index in [1.165, 1.54) is 18.2 Å². The van der Waals surface area contributed by atoms with Crippen LogP contribution in [0.15, 0.2) is 47.5 Å². The molecule has 0 aromatic heterocycles. The lowest BCUT2D eigenvalue weighted by molar-refractivity contribution is -0.137. The van der Waals surface area contributed by atoms with E-state index in [1.54, 1.807) is 18.2 Å². The Morgan fingerprint density at radius 3 is 2.41 bits per heavy atom. The van der Waals surface area contributed by atoms with Crippen molar-refractivity contribution in [3.63, 3.8) is 0 Å². The largest absolute Gasteiger partial charge is 0.417 e. The van der Waals surface area contributed by atoms with Crippen LogP contribution in [0.4, 0.5) is 18.9 Å². The first-order valence-electron chi connectivity index (χ1n) is 6.54. The maximum Gasteiger partial charge on any atom is 0.417 e. The molecule has 1 heterocycles. The van der Waals surface area contributed by atoms with Gasteiger partial charge in [-0.1, -0.05) is 24.3 Å². The van der Waals surface area contributed by atoms with Crippen LogP contribution >= 0.6 is 0 Å². The van der Waals surface area contributed by atoms with E-state index in [4.69, 9.17) is 5.73 Å². The van der Waals surface area contributed by atoms with Crippen molar-refractivity contribution in [2.75, 3.05) is 5.73 Å². The Morgan fingerprint density at radius 1 is 1.00 bits per heavy atom. The second-order valence-corrected chi connectivity index (χ2v) is 4.96.